The van der Waals surface area contributed by atoms with E-state index in [9.17, 15) is 4.79 Å². The van der Waals surface area contributed by atoms with Crippen molar-refractivity contribution in [3.63, 3.8) is 0 Å². The zero-order chi connectivity index (χ0) is 28.6. The molecule has 0 radical (unpaired) electrons. The molecular formula is C33H55NO3Si. The van der Waals surface area contributed by atoms with E-state index < -0.39 is 8.32 Å². The van der Waals surface area contributed by atoms with Gasteiger partial charge in [-0.15, -0.1) is 0 Å². The zero-order valence-electron chi connectivity index (χ0n) is 26.1. The third-order valence-electron chi connectivity index (χ3n) is 8.46. The van der Waals surface area contributed by atoms with Crippen LogP contribution >= 0.6 is 0 Å². The van der Waals surface area contributed by atoms with Crippen molar-refractivity contribution in [1.29, 1.82) is 0 Å². The molecule has 0 saturated carbocycles. The molecule has 2 rings (SSSR count). The van der Waals surface area contributed by atoms with Gasteiger partial charge in [0.15, 0.2) is 19.8 Å². The van der Waals surface area contributed by atoms with Crippen molar-refractivity contribution in [2.24, 2.45) is 11.3 Å². The van der Waals surface area contributed by atoms with Crippen molar-refractivity contribution < 1.29 is 13.6 Å². The Hall–Kier alpha value is -1.72. The van der Waals surface area contributed by atoms with Gasteiger partial charge in [-0.05, 0) is 92.6 Å². The van der Waals surface area contributed by atoms with Crippen LogP contribution in [0.3, 0.4) is 0 Å². The number of allylic oxidation sites excluding steroid dienone is 2. The van der Waals surface area contributed by atoms with Gasteiger partial charge in [0, 0.05) is 6.92 Å². The summed E-state index contributed by atoms with van der Waals surface area (Å²) in [5, 5.41) is 0.119. The van der Waals surface area contributed by atoms with E-state index >= 15 is 0 Å². The Morgan fingerprint density at radius 1 is 1.13 bits per heavy atom. The average molecular weight is 542 g/mol. The van der Waals surface area contributed by atoms with Gasteiger partial charge in [0.25, 0.3) is 0 Å². The molecule has 0 N–H and O–H groups in total. The van der Waals surface area contributed by atoms with E-state index in [1.54, 1.807) is 0 Å². The number of aryl methyl sites for hydroxylation is 2. The summed E-state index contributed by atoms with van der Waals surface area (Å²) in [4.78, 5) is 16.3. The SMILES string of the molecule is CC(=CCCc1ccc2oc(C)nc2c1)CCCC(C)CCCC(C)(C)CC(C=O)O[Si](C)(C)C(C)(C)C. The molecule has 1 heterocycles. The molecule has 2 aromatic rings. The summed E-state index contributed by atoms with van der Waals surface area (Å²) < 4.78 is 12.0. The van der Waals surface area contributed by atoms with Gasteiger partial charge >= 0.3 is 0 Å². The molecule has 2 unspecified atom stereocenters. The number of oxazole rings is 1. The molecule has 214 valence electrons. The van der Waals surface area contributed by atoms with Gasteiger partial charge in [-0.3, -0.25) is 0 Å². The number of fused-ring (bicyclic) bond motifs is 1. The highest BCUT2D eigenvalue weighted by Gasteiger charge is 2.40. The summed E-state index contributed by atoms with van der Waals surface area (Å²) in [6, 6.07) is 6.34. The fourth-order valence-electron chi connectivity index (χ4n) is 4.95. The molecule has 0 amide bonds. The van der Waals surface area contributed by atoms with Crippen LogP contribution in [0.4, 0.5) is 0 Å². The van der Waals surface area contributed by atoms with Gasteiger partial charge in [0.05, 0.1) is 0 Å². The predicted molar refractivity (Wildman–Crippen MR) is 164 cm³/mol. The molecule has 1 aromatic carbocycles. The highest BCUT2D eigenvalue weighted by molar-refractivity contribution is 6.74. The van der Waals surface area contributed by atoms with Crippen molar-refractivity contribution in [2.75, 3.05) is 0 Å². The van der Waals surface area contributed by atoms with E-state index in [4.69, 9.17) is 8.84 Å². The summed E-state index contributed by atoms with van der Waals surface area (Å²) in [6.07, 6.45) is 13.4. The molecule has 0 aliphatic heterocycles. The lowest BCUT2D eigenvalue weighted by Gasteiger charge is -2.39. The first-order valence-electron chi connectivity index (χ1n) is 14.8. The fourth-order valence-corrected chi connectivity index (χ4v) is 6.20. The van der Waals surface area contributed by atoms with Crippen LogP contribution in [0.1, 0.15) is 111 Å². The lowest BCUT2D eigenvalue weighted by molar-refractivity contribution is -0.115. The van der Waals surface area contributed by atoms with Crippen LogP contribution in [0.25, 0.3) is 11.1 Å². The van der Waals surface area contributed by atoms with Crippen LogP contribution in [-0.2, 0) is 15.6 Å². The Morgan fingerprint density at radius 2 is 1.82 bits per heavy atom. The maximum atomic E-state index is 11.8. The molecule has 4 nitrogen and oxygen atoms in total. The second-order valence-corrected chi connectivity index (χ2v) is 18.7. The molecule has 0 aliphatic rings. The number of aromatic nitrogens is 1. The Kier molecular flexibility index (Phi) is 12.0. The first-order valence-corrected chi connectivity index (χ1v) is 17.7. The molecule has 2 atom stereocenters. The van der Waals surface area contributed by atoms with Crippen molar-refractivity contribution in [3.8, 4) is 0 Å². The Labute approximate surface area is 234 Å². The molecule has 0 fully saturated rings. The summed E-state index contributed by atoms with van der Waals surface area (Å²) >= 11 is 0. The number of aldehydes is 1. The number of benzene rings is 1. The van der Waals surface area contributed by atoms with E-state index in [0.29, 0.717) is 0 Å². The van der Waals surface area contributed by atoms with Crippen molar-refractivity contribution in [1.82, 2.24) is 4.98 Å². The molecule has 0 spiro atoms. The Bertz CT molecular complexity index is 1040. The number of hydrogen-bond donors (Lipinski definition) is 0. The summed E-state index contributed by atoms with van der Waals surface area (Å²) in [7, 11) is -1.94. The molecule has 5 heteroatoms. The number of nitrogens with zero attached hydrogens (tertiary/aromatic N) is 1. The van der Waals surface area contributed by atoms with Gasteiger partial charge in [0.2, 0.25) is 0 Å². The fraction of sp³-hybridized carbons (Fsp3) is 0.697. The predicted octanol–water partition coefficient (Wildman–Crippen LogP) is 10.00. The van der Waals surface area contributed by atoms with E-state index in [-0.39, 0.29) is 16.6 Å². The number of hydrogen-bond acceptors (Lipinski definition) is 4. The Morgan fingerprint density at radius 3 is 2.47 bits per heavy atom. The summed E-state index contributed by atoms with van der Waals surface area (Å²) in [5.74, 6) is 1.46. The second-order valence-electron chi connectivity index (χ2n) is 13.9. The van der Waals surface area contributed by atoms with E-state index in [2.05, 4.69) is 84.8 Å². The van der Waals surface area contributed by atoms with Crippen LogP contribution < -0.4 is 0 Å². The van der Waals surface area contributed by atoms with E-state index in [1.165, 1.54) is 43.2 Å². The Balaban J connectivity index is 1.66. The highest BCUT2D eigenvalue weighted by atomic mass is 28.4. The van der Waals surface area contributed by atoms with Gasteiger partial charge < -0.3 is 13.6 Å². The van der Waals surface area contributed by atoms with Crippen molar-refractivity contribution in [3.05, 3.63) is 41.3 Å². The topological polar surface area (TPSA) is 52.3 Å². The van der Waals surface area contributed by atoms with Gasteiger partial charge in [-0.25, -0.2) is 4.98 Å². The van der Waals surface area contributed by atoms with Gasteiger partial charge in [-0.1, -0.05) is 78.5 Å². The normalized spacial score (nSPS) is 15.2. The zero-order valence-corrected chi connectivity index (χ0v) is 27.1. The van der Waals surface area contributed by atoms with Crippen LogP contribution in [0.15, 0.2) is 34.3 Å². The number of rotatable bonds is 16. The largest absolute Gasteiger partial charge is 0.441 e. The third-order valence-corrected chi connectivity index (χ3v) is 13.0. The van der Waals surface area contributed by atoms with Crippen molar-refractivity contribution >= 4 is 25.7 Å². The van der Waals surface area contributed by atoms with Crippen LogP contribution in [0.2, 0.25) is 18.1 Å². The smallest absolute Gasteiger partial charge is 0.193 e. The summed E-state index contributed by atoms with van der Waals surface area (Å²) in [5.41, 5.74) is 4.76. The van der Waals surface area contributed by atoms with E-state index in [0.717, 1.165) is 54.9 Å². The van der Waals surface area contributed by atoms with Gasteiger partial charge in [0.1, 0.15) is 17.9 Å². The molecule has 0 aliphatic carbocycles. The summed E-state index contributed by atoms with van der Waals surface area (Å²) in [6.45, 7) is 22.3. The first-order chi connectivity index (χ1) is 17.6. The van der Waals surface area contributed by atoms with Crippen LogP contribution in [0.5, 0.6) is 0 Å². The molecule has 0 bridgehead atoms. The highest BCUT2D eigenvalue weighted by Crippen LogP contribution is 2.39. The third kappa shape index (κ3) is 10.8. The second kappa shape index (κ2) is 14.1. The molecule has 1 aromatic heterocycles. The molecule has 38 heavy (non-hydrogen) atoms. The first kappa shape index (κ1) is 32.5. The number of carbonyl (C=O) groups excluding carboxylic acids is 1. The van der Waals surface area contributed by atoms with E-state index in [1.807, 2.05) is 13.0 Å². The lowest BCUT2D eigenvalue weighted by atomic mass is 9.81. The lowest BCUT2D eigenvalue weighted by Crippen LogP contribution is -2.45. The minimum absolute atomic E-state index is 0.115. The van der Waals surface area contributed by atoms with Gasteiger partial charge in [-0.2, -0.15) is 0 Å². The quantitative estimate of drug-likeness (QED) is 0.120. The molecule has 0 saturated heterocycles. The monoisotopic (exact) mass is 541 g/mol. The minimum Gasteiger partial charge on any atom is -0.441 e. The molecular weight excluding hydrogens is 486 g/mol. The van der Waals surface area contributed by atoms with Crippen LogP contribution in [-0.4, -0.2) is 25.7 Å². The number of carbonyl (C=O) groups is 1. The van der Waals surface area contributed by atoms with Crippen LogP contribution in [0, 0.1) is 18.3 Å². The minimum atomic E-state index is -1.94. The van der Waals surface area contributed by atoms with Crippen molar-refractivity contribution in [2.45, 2.75) is 137 Å². The average Bonchev–Trinajstić information content (AvgIpc) is 3.16. The standard InChI is InChI=1S/C33H55NO3Si/c1-25(16-12-18-28-19-20-31-30(22-28)34-27(3)36-31)14-11-15-26(2)17-13-21-33(7,8)23-29(24-35)37-38(9,10)32(4,5)6/h16,19-20,22,24,26,29H,11-15,17-18,21,23H2,1-10H3. The maximum Gasteiger partial charge on any atom is 0.193 e. The maximum absolute atomic E-state index is 11.8.